The number of carbonyl (C=O) groups excluding carboxylic acids is 2. The third-order valence-electron chi connectivity index (χ3n) is 4.63. The van der Waals surface area contributed by atoms with Crippen molar-refractivity contribution in [3.05, 3.63) is 63.6 Å². The second kappa shape index (κ2) is 8.79. The van der Waals surface area contributed by atoms with Crippen LogP contribution in [0.2, 0.25) is 0 Å². The summed E-state index contributed by atoms with van der Waals surface area (Å²) in [6, 6.07) is 8.74. The molecule has 0 spiro atoms. The average Bonchev–Trinajstić information content (AvgIpc) is 2.67. The van der Waals surface area contributed by atoms with E-state index in [1.807, 2.05) is 30.0 Å². The summed E-state index contributed by atoms with van der Waals surface area (Å²) in [7, 11) is 0. The van der Waals surface area contributed by atoms with E-state index in [1.165, 1.54) is 6.07 Å². The number of hydrogen-bond donors (Lipinski definition) is 1. The Balaban J connectivity index is 1.50. The Kier molecular flexibility index (Phi) is 6.41. The van der Waals surface area contributed by atoms with Gasteiger partial charge in [-0.1, -0.05) is 15.9 Å². The van der Waals surface area contributed by atoms with E-state index in [2.05, 4.69) is 21.2 Å². The molecule has 2 amide bonds. The van der Waals surface area contributed by atoms with Gasteiger partial charge < -0.3 is 10.2 Å². The molecule has 1 aliphatic heterocycles. The second-order valence-corrected chi connectivity index (χ2v) is 7.56. The first kappa shape index (κ1) is 20.4. The highest BCUT2D eigenvalue weighted by molar-refractivity contribution is 9.10. The number of piperazine rings is 1. The van der Waals surface area contributed by atoms with Gasteiger partial charge in [-0.3, -0.25) is 14.5 Å². The van der Waals surface area contributed by atoms with Gasteiger partial charge in [-0.25, -0.2) is 8.78 Å². The van der Waals surface area contributed by atoms with E-state index < -0.39 is 11.6 Å². The maximum absolute atomic E-state index is 13.3. The molecule has 1 saturated heterocycles. The quantitative estimate of drug-likeness (QED) is 0.774. The van der Waals surface area contributed by atoms with Crippen LogP contribution in [0.4, 0.5) is 14.5 Å². The highest BCUT2D eigenvalue weighted by atomic mass is 79.9. The van der Waals surface area contributed by atoms with E-state index >= 15 is 0 Å². The number of amides is 2. The molecule has 1 heterocycles. The summed E-state index contributed by atoms with van der Waals surface area (Å²) in [5, 5.41) is 2.87. The Bertz CT molecular complexity index is 899. The molecule has 2 aromatic rings. The molecule has 2 aromatic carbocycles. The van der Waals surface area contributed by atoms with Crippen molar-refractivity contribution in [2.75, 3.05) is 38.0 Å². The topological polar surface area (TPSA) is 52.7 Å². The Morgan fingerprint density at radius 2 is 1.75 bits per heavy atom. The normalized spacial score (nSPS) is 14.8. The summed E-state index contributed by atoms with van der Waals surface area (Å²) in [5.74, 6) is -2.48. The molecule has 0 bridgehead atoms. The van der Waals surface area contributed by atoms with Gasteiger partial charge in [0.2, 0.25) is 5.91 Å². The molecule has 8 heteroatoms. The summed E-state index contributed by atoms with van der Waals surface area (Å²) in [6.45, 7) is 4.07. The van der Waals surface area contributed by atoms with Gasteiger partial charge in [-0.15, -0.1) is 0 Å². The molecule has 1 N–H and O–H groups in total. The van der Waals surface area contributed by atoms with Crippen LogP contribution in [-0.2, 0) is 4.79 Å². The molecule has 28 heavy (non-hydrogen) atoms. The Morgan fingerprint density at radius 3 is 2.39 bits per heavy atom. The van der Waals surface area contributed by atoms with Gasteiger partial charge in [0, 0.05) is 41.9 Å². The molecule has 148 valence electrons. The molecule has 0 aromatic heterocycles. The van der Waals surface area contributed by atoms with Crippen LogP contribution in [0.5, 0.6) is 0 Å². The van der Waals surface area contributed by atoms with Gasteiger partial charge in [-0.2, -0.15) is 0 Å². The van der Waals surface area contributed by atoms with Crippen LogP contribution in [0.1, 0.15) is 15.9 Å². The van der Waals surface area contributed by atoms with E-state index in [0.717, 1.165) is 27.9 Å². The number of aryl methyl sites for hydroxylation is 1. The lowest BCUT2D eigenvalue weighted by Gasteiger charge is -2.34. The minimum atomic E-state index is -1.04. The first-order valence-electron chi connectivity index (χ1n) is 8.86. The van der Waals surface area contributed by atoms with Crippen LogP contribution in [0, 0.1) is 18.6 Å². The van der Waals surface area contributed by atoms with Crippen LogP contribution in [0.3, 0.4) is 0 Å². The molecule has 0 atom stereocenters. The summed E-state index contributed by atoms with van der Waals surface area (Å²) >= 11 is 3.42. The largest absolute Gasteiger partial charge is 0.336 e. The zero-order chi connectivity index (χ0) is 20.3. The lowest BCUT2D eigenvalue weighted by molar-refractivity contribution is -0.117. The number of hydrogen-bond acceptors (Lipinski definition) is 3. The van der Waals surface area contributed by atoms with Gasteiger partial charge in [0.25, 0.3) is 5.91 Å². The van der Waals surface area contributed by atoms with Crippen LogP contribution in [0.25, 0.3) is 0 Å². The standard InChI is InChI=1S/C20H20BrF2N3O2/c1-13-10-15(3-4-16(13)21)24-19(27)12-25-6-8-26(9-7-25)20(28)14-2-5-17(22)18(23)11-14/h2-5,10-11H,6-9,12H2,1H3,(H,24,27). The number of carbonyl (C=O) groups is 2. The number of anilines is 1. The molecule has 3 rings (SSSR count). The fraction of sp³-hybridized carbons (Fsp3) is 0.300. The maximum atomic E-state index is 13.3. The monoisotopic (exact) mass is 451 g/mol. The Labute approximate surface area is 170 Å². The summed E-state index contributed by atoms with van der Waals surface area (Å²) < 4.78 is 27.3. The van der Waals surface area contributed by atoms with Crippen molar-refractivity contribution in [2.45, 2.75) is 6.92 Å². The van der Waals surface area contributed by atoms with Crippen LogP contribution < -0.4 is 5.32 Å². The van der Waals surface area contributed by atoms with Gasteiger partial charge in [-0.05, 0) is 48.9 Å². The molecule has 0 aliphatic carbocycles. The van der Waals surface area contributed by atoms with Crippen molar-refractivity contribution >= 4 is 33.4 Å². The molecule has 0 radical (unpaired) electrons. The number of benzene rings is 2. The average molecular weight is 452 g/mol. The third-order valence-corrected chi connectivity index (χ3v) is 5.52. The van der Waals surface area contributed by atoms with Crippen molar-refractivity contribution < 1.29 is 18.4 Å². The van der Waals surface area contributed by atoms with E-state index in [-0.39, 0.29) is 23.9 Å². The summed E-state index contributed by atoms with van der Waals surface area (Å²) in [5.41, 5.74) is 1.88. The molecule has 1 aliphatic rings. The summed E-state index contributed by atoms with van der Waals surface area (Å²) in [4.78, 5) is 28.2. The number of rotatable bonds is 4. The smallest absolute Gasteiger partial charge is 0.254 e. The second-order valence-electron chi connectivity index (χ2n) is 6.71. The van der Waals surface area contributed by atoms with Gasteiger partial charge in [0.15, 0.2) is 11.6 Å². The molecular weight excluding hydrogens is 432 g/mol. The van der Waals surface area contributed by atoms with Crippen molar-refractivity contribution in [2.24, 2.45) is 0 Å². The van der Waals surface area contributed by atoms with Crippen molar-refractivity contribution in [3.8, 4) is 0 Å². The lowest BCUT2D eigenvalue weighted by atomic mass is 10.1. The zero-order valence-electron chi connectivity index (χ0n) is 15.3. The highest BCUT2D eigenvalue weighted by Gasteiger charge is 2.24. The van der Waals surface area contributed by atoms with Crippen LogP contribution in [0.15, 0.2) is 40.9 Å². The maximum Gasteiger partial charge on any atom is 0.254 e. The molecule has 0 saturated carbocycles. The van der Waals surface area contributed by atoms with Crippen molar-refractivity contribution in [1.29, 1.82) is 0 Å². The van der Waals surface area contributed by atoms with Gasteiger partial charge >= 0.3 is 0 Å². The molecule has 5 nitrogen and oxygen atoms in total. The minimum Gasteiger partial charge on any atom is -0.336 e. The van der Waals surface area contributed by atoms with Gasteiger partial charge in [0.1, 0.15) is 0 Å². The fourth-order valence-corrected chi connectivity index (χ4v) is 3.29. The van der Waals surface area contributed by atoms with Crippen molar-refractivity contribution in [3.63, 3.8) is 0 Å². The van der Waals surface area contributed by atoms with Crippen LogP contribution in [-0.4, -0.2) is 54.3 Å². The third kappa shape index (κ3) is 4.94. The van der Waals surface area contributed by atoms with Crippen LogP contribution >= 0.6 is 15.9 Å². The molecule has 1 fully saturated rings. The predicted molar refractivity (Wildman–Crippen MR) is 106 cm³/mol. The SMILES string of the molecule is Cc1cc(NC(=O)CN2CCN(C(=O)c3ccc(F)c(F)c3)CC2)ccc1Br. The first-order valence-corrected chi connectivity index (χ1v) is 9.65. The zero-order valence-corrected chi connectivity index (χ0v) is 16.9. The van der Waals surface area contributed by atoms with E-state index in [9.17, 15) is 18.4 Å². The summed E-state index contributed by atoms with van der Waals surface area (Å²) in [6.07, 6.45) is 0. The lowest BCUT2D eigenvalue weighted by Crippen LogP contribution is -2.50. The van der Waals surface area contributed by atoms with Crippen molar-refractivity contribution in [1.82, 2.24) is 9.80 Å². The van der Waals surface area contributed by atoms with E-state index in [0.29, 0.717) is 26.2 Å². The molecule has 0 unspecified atom stereocenters. The number of nitrogens with zero attached hydrogens (tertiary/aromatic N) is 2. The first-order chi connectivity index (χ1) is 13.3. The molecular formula is C20H20BrF2N3O2. The van der Waals surface area contributed by atoms with E-state index in [4.69, 9.17) is 0 Å². The Morgan fingerprint density at radius 1 is 1.04 bits per heavy atom. The number of halogens is 3. The minimum absolute atomic E-state index is 0.121. The fourth-order valence-electron chi connectivity index (χ4n) is 3.05. The predicted octanol–water partition coefficient (Wildman–Crippen LogP) is 3.43. The number of nitrogens with one attached hydrogen (secondary N) is 1. The van der Waals surface area contributed by atoms with Gasteiger partial charge in [0.05, 0.1) is 6.54 Å². The highest BCUT2D eigenvalue weighted by Crippen LogP contribution is 2.20. The Hall–Kier alpha value is -2.32. The van der Waals surface area contributed by atoms with E-state index in [1.54, 1.807) is 4.90 Å².